The minimum Gasteiger partial charge on any atom is -0.479 e. The fourth-order valence-electron chi connectivity index (χ4n) is 1.94. The minimum absolute atomic E-state index is 0.0900. The molecule has 0 saturated heterocycles. The summed E-state index contributed by atoms with van der Waals surface area (Å²) in [6.07, 6.45) is -0.943. The van der Waals surface area contributed by atoms with E-state index in [0.717, 1.165) is 5.69 Å². The van der Waals surface area contributed by atoms with Crippen molar-refractivity contribution in [2.24, 2.45) is 0 Å². The molecule has 0 saturated carbocycles. The first-order valence-corrected chi connectivity index (χ1v) is 5.80. The van der Waals surface area contributed by atoms with E-state index in [9.17, 15) is 4.79 Å². The van der Waals surface area contributed by atoms with E-state index in [1.807, 2.05) is 24.3 Å². The molecular weight excluding hydrogens is 234 g/mol. The van der Waals surface area contributed by atoms with Gasteiger partial charge in [0.05, 0.1) is 12.2 Å². The van der Waals surface area contributed by atoms with Crippen LogP contribution in [-0.4, -0.2) is 39.1 Å². The average molecular weight is 251 g/mol. The fraction of sp³-hybridized carbons (Fsp3) is 0.462. The van der Waals surface area contributed by atoms with Crippen LogP contribution in [0.25, 0.3) is 0 Å². The molecule has 0 fully saturated rings. The van der Waals surface area contributed by atoms with Gasteiger partial charge in [-0.1, -0.05) is 12.1 Å². The molecule has 0 spiro atoms. The molecule has 0 radical (unpaired) electrons. The molecular formula is C13H17NO4. The van der Waals surface area contributed by atoms with Crippen molar-refractivity contribution in [1.29, 1.82) is 0 Å². The second-order valence-electron chi connectivity index (χ2n) is 4.08. The van der Waals surface area contributed by atoms with E-state index in [1.165, 1.54) is 0 Å². The zero-order valence-corrected chi connectivity index (χ0v) is 10.8. The summed E-state index contributed by atoms with van der Waals surface area (Å²) in [5, 5.41) is 0. The van der Waals surface area contributed by atoms with Crippen LogP contribution in [0.1, 0.15) is 6.92 Å². The zero-order valence-electron chi connectivity index (χ0n) is 10.8. The van der Waals surface area contributed by atoms with Crippen LogP contribution in [0.2, 0.25) is 0 Å². The highest BCUT2D eigenvalue weighted by Crippen LogP contribution is 2.33. The molecule has 0 aromatic heterocycles. The number of anilines is 1. The highest BCUT2D eigenvalue weighted by atomic mass is 16.7. The number of nitrogens with zero attached hydrogens (tertiary/aromatic N) is 1. The van der Waals surface area contributed by atoms with Crippen LogP contribution in [0.5, 0.6) is 5.75 Å². The number of hydrogen-bond acceptors (Lipinski definition) is 4. The molecule has 0 N–H and O–H groups in total. The quantitative estimate of drug-likeness (QED) is 0.759. The second kappa shape index (κ2) is 5.37. The molecule has 1 aliphatic rings. The van der Waals surface area contributed by atoms with Crippen LogP contribution in [0, 0.1) is 0 Å². The van der Waals surface area contributed by atoms with Crippen molar-refractivity contribution < 1.29 is 19.0 Å². The number of para-hydroxylation sites is 2. The lowest BCUT2D eigenvalue weighted by molar-refractivity contribution is -0.129. The summed E-state index contributed by atoms with van der Waals surface area (Å²) in [5.41, 5.74) is 0.750. The third-order valence-corrected chi connectivity index (χ3v) is 2.93. The van der Waals surface area contributed by atoms with Gasteiger partial charge in [0.2, 0.25) is 0 Å². The molecule has 1 atom stereocenters. The standard InChI is InChI=1S/C13H17NO4/c1-9-13(15)14(8-12(16-2)17-3)10-6-4-5-7-11(10)18-9/h4-7,9,12H,8H2,1-3H3. The van der Waals surface area contributed by atoms with E-state index in [1.54, 1.807) is 26.0 Å². The lowest BCUT2D eigenvalue weighted by Crippen LogP contribution is -2.48. The molecule has 0 aliphatic carbocycles. The number of hydrogen-bond donors (Lipinski definition) is 0. The summed E-state index contributed by atoms with van der Waals surface area (Å²) in [5.74, 6) is 0.614. The Morgan fingerprint density at radius 3 is 2.67 bits per heavy atom. The van der Waals surface area contributed by atoms with Gasteiger partial charge in [-0.25, -0.2) is 0 Å². The van der Waals surface area contributed by atoms with Crippen molar-refractivity contribution in [3.05, 3.63) is 24.3 Å². The van der Waals surface area contributed by atoms with Gasteiger partial charge in [-0.2, -0.15) is 0 Å². The number of fused-ring (bicyclic) bond motifs is 1. The maximum absolute atomic E-state index is 12.1. The van der Waals surface area contributed by atoms with Crippen LogP contribution in [0.15, 0.2) is 24.3 Å². The Labute approximate surface area is 106 Å². The van der Waals surface area contributed by atoms with E-state index in [4.69, 9.17) is 14.2 Å². The third kappa shape index (κ3) is 2.32. The topological polar surface area (TPSA) is 48.0 Å². The Balaban J connectivity index is 2.29. The molecule has 98 valence electrons. The van der Waals surface area contributed by atoms with E-state index < -0.39 is 12.4 Å². The Morgan fingerprint density at radius 2 is 2.00 bits per heavy atom. The minimum atomic E-state index is -0.491. The lowest BCUT2D eigenvalue weighted by Gasteiger charge is -2.34. The number of benzene rings is 1. The smallest absolute Gasteiger partial charge is 0.268 e. The summed E-state index contributed by atoms with van der Waals surface area (Å²) in [7, 11) is 3.10. The Morgan fingerprint density at radius 1 is 1.33 bits per heavy atom. The van der Waals surface area contributed by atoms with Gasteiger partial charge in [0.1, 0.15) is 5.75 Å². The Hall–Kier alpha value is -1.59. The second-order valence-corrected chi connectivity index (χ2v) is 4.08. The van der Waals surface area contributed by atoms with Crippen molar-refractivity contribution in [2.45, 2.75) is 19.3 Å². The first kappa shape index (κ1) is 12.9. The monoisotopic (exact) mass is 251 g/mol. The number of carbonyl (C=O) groups is 1. The summed E-state index contributed by atoms with van der Waals surface area (Å²) in [4.78, 5) is 13.8. The van der Waals surface area contributed by atoms with Crippen molar-refractivity contribution in [3.8, 4) is 5.75 Å². The highest BCUT2D eigenvalue weighted by molar-refractivity contribution is 5.99. The van der Waals surface area contributed by atoms with Crippen LogP contribution < -0.4 is 9.64 Å². The van der Waals surface area contributed by atoms with E-state index in [-0.39, 0.29) is 5.91 Å². The number of carbonyl (C=O) groups excluding carboxylic acids is 1. The number of ether oxygens (including phenoxy) is 3. The summed E-state index contributed by atoms with van der Waals surface area (Å²) in [6, 6.07) is 7.44. The normalized spacial score (nSPS) is 18.8. The van der Waals surface area contributed by atoms with Crippen LogP contribution in [0.4, 0.5) is 5.69 Å². The van der Waals surface area contributed by atoms with Crippen molar-refractivity contribution in [2.75, 3.05) is 25.7 Å². The van der Waals surface area contributed by atoms with Crippen LogP contribution in [-0.2, 0) is 14.3 Å². The van der Waals surface area contributed by atoms with Gasteiger partial charge in [-0.05, 0) is 19.1 Å². The molecule has 1 aromatic rings. The van der Waals surface area contributed by atoms with Gasteiger partial charge in [-0.3, -0.25) is 4.79 Å². The lowest BCUT2D eigenvalue weighted by atomic mass is 10.2. The first-order chi connectivity index (χ1) is 8.67. The SMILES string of the molecule is COC(CN1C(=O)C(C)Oc2ccccc21)OC. The van der Waals surface area contributed by atoms with E-state index in [0.29, 0.717) is 12.3 Å². The molecule has 1 unspecified atom stereocenters. The highest BCUT2D eigenvalue weighted by Gasteiger charge is 2.32. The van der Waals surface area contributed by atoms with Gasteiger partial charge in [0.15, 0.2) is 12.4 Å². The zero-order chi connectivity index (χ0) is 13.1. The van der Waals surface area contributed by atoms with Crippen molar-refractivity contribution in [3.63, 3.8) is 0 Å². The molecule has 1 heterocycles. The maximum atomic E-state index is 12.1. The summed E-state index contributed by atoms with van der Waals surface area (Å²) >= 11 is 0. The van der Waals surface area contributed by atoms with E-state index >= 15 is 0 Å². The number of rotatable bonds is 4. The van der Waals surface area contributed by atoms with Crippen molar-refractivity contribution in [1.82, 2.24) is 0 Å². The number of amides is 1. The van der Waals surface area contributed by atoms with E-state index in [2.05, 4.69) is 0 Å². The molecule has 18 heavy (non-hydrogen) atoms. The fourth-order valence-corrected chi connectivity index (χ4v) is 1.94. The van der Waals surface area contributed by atoms with Gasteiger partial charge < -0.3 is 19.1 Å². The summed E-state index contributed by atoms with van der Waals surface area (Å²) in [6.45, 7) is 2.08. The number of methoxy groups -OCH3 is 2. The van der Waals surface area contributed by atoms with Gasteiger partial charge in [0.25, 0.3) is 5.91 Å². The molecule has 0 bridgehead atoms. The van der Waals surface area contributed by atoms with Crippen LogP contribution >= 0.6 is 0 Å². The molecule has 1 aliphatic heterocycles. The Bertz CT molecular complexity index is 431. The van der Waals surface area contributed by atoms with Gasteiger partial charge in [0, 0.05) is 14.2 Å². The van der Waals surface area contributed by atoms with Crippen molar-refractivity contribution >= 4 is 11.6 Å². The molecule has 1 amide bonds. The molecule has 5 heteroatoms. The maximum Gasteiger partial charge on any atom is 0.268 e. The Kier molecular flexibility index (Phi) is 3.84. The molecule has 2 rings (SSSR count). The van der Waals surface area contributed by atoms with Gasteiger partial charge in [-0.15, -0.1) is 0 Å². The largest absolute Gasteiger partial charge is 0.479 e. The van der Waals surface area contributed by atoms with Crippen LogP contribution in [0.3, 0.4) is 0 Å². The summed E-state index contributed by atoms with van der Waals surface area (Å²) < 4.78 is 15.8. The first-order valence-electron chi connectivity index (χ1n) is 5.80. The third-order valence-electron chi connectivity index (χ3n) is 2.93. The predicted molar refractivity (Wildman–Crippen MR) is 66.7 cm³/mol. The van der Waals surface area contributed by atoms with Gasteiger partial charge >= 0.3 is 0 Å². The average Bonchev–Trinajstić information content (AvgIpc) is 2.40. The predicted octanol–water partition coefficient (Wildman–Crippen LogP) is 1.42. The molecule has 1 aromatic carbocycles. The molecule has 5 nitrogen and oxygen atoms in total.